The molecule has 0 N–H and O–H groups in total. The van der Waals surface area contributed by atoms with Gasteiger partial charge in [-0.2, -0.15) is 5.10 Å². The molecular formula is C21H22Cl2N4O2S. The van der Waals surface area contributed by atoms with Crippen LogP contribution >= 0.6 is 34.5 Å². The first-order chi connectivity index (χ1) is 14.1. The van der Waals surface area contributed by atoms with Gasteiger partial charge in [0.2, 0.25) is 0 Å². The molecule has 6 nitrogen and oxygen atoms in total. The lowest BCUT2D eigenvalue weighted by Crippen LogP contribution is -2.30. The van der Waals surface area contributed by atoms with Crippen LogP contribution < -0.4 is 5.56 Å². The van der Waals surface area contributed by atoms with Crippen LogP contribution in [0.3, 0.4) is 0 Å². The summed E-state index contributed by atoms with van der Waals surface area (Å²) in [4.78, 5) is 32.7. The van der Waals surface area contributed by atoms with Crippen molar-refractivity contribution < 1.29 is 4.79 Å². The maximum absolute atomic E-state index is 13.2. The molecule has 0 saturated heterocycles. The number of benzene rings is 1. The fourth-order valence-corrected chi connectivity index (χ4v) is 4.58. The molecule has 0 radical (unpaired) electrons. The van der Waals surface area contributed by atoms with E-state index in [9.17, 15) is 9.59 Å². The molecule has 30 heavy (non-hydrogen) atoms. The third kappa shape index (κ3) is 4.29. The fraction of sp³-hybridized carbons (Fsp3) is 0.333. The number of aromatic nitrogens is 3. The molecule has 1 amide bonds. The quantitative estimate of drug-likeness (QED) is 0.543. The summed E-state index contributed by atoms with van der Waals surface area (Å²) in [6.07, 6.45) is 0. The maximum atomic E-state index is 13.2. The van der Waals surface area contributed by atoms with Crippen molar-refractivity contribution in [3.8, 4) is 10.6 Å². The second-order valence-corrected chi connectivity index (χ2v) is 8.83. The molecule has 0 aliphatic heterocycles. The zero-order valence-electron chi connectivity index (χ0n) is 17.4. The third-order valence-corrected chi connectivity index (χ3v) is 6.86. The normalized spacial score (nSPS) is 11.0. The summed E-state index contributed by atoms with van der Waals surface area (Å²) in [5.74, 6) is -0.134. The number of rotatable bonds is 5. The molecule has 0 unspecified atom stereocenters. The fourth-order valence-electron chi connectivity index (χ4n) is 3.13. The highest BCUT2D eigenvalue weighted by Crippen LogP contribution is 2.30. The molecule has 0 atom stereocenters. The lowest BCUT2D eigenvalue weighted by molar-refractivity contribution is 0.0756. The van der Waals surface area contributed by atoms with E-state index in [0.717, 1.165) is 16.8 Å². The Balaban J connectivity index is 1.97. The SMILES string of the molecule is CCN(Cc1ccc(Cl)c(Cl)c1)C(=O)c1sc(-c2c(C)c(C)nn(C)c2=O)nc1C. The van der Waals surface area contributed by atoms with E-state index < -0.39 is 0 Å². The number of amides is 1. The Morgan fingerprint density at radius 2 is 1.87 bits per heavy atom. The van der Waals surface area contributed by atoms with Crippen LogP contribution in [0.15, 0.2) is 23.0 Å². The predicted molar refractivity (Wildman–Crippen MR) is 122 cm³/mol. The number of thiazole rings is 1. The molecule has 0 saturated carbocycles. The standard InChI is InChI=1S/C21H22Cl2N4O2S/c1-6-27(10-14-7-8-15(22)16(23)9-14)21(29)18-13(4)24-19(30-18)17-11(2)12(3)25-26(5)20(17)28/h7-9H,6,10H2,1-5H3. The van der Waals surface area contributed by atoms with Crippen LogP contribution in [0.2, 0.25) is 10.0 Å². The highest BCUT2D eigenvalue weighted by Gasteiger charge is 2.24. The summed E-state index contributed by atoms with van der Waals surface area (Å²) in [7, 11) is 1.61. The highest BCUT2D eigenvalue weighted by molar-refractivity contribution is 7.17. The first-order valence-electron chi connectivity index (χ1n) is 9.39. The van der Waals surface area contributed by atoms with E-state index in [1.54, 1.807) is 31.0 Å². The smallest absolute Gasteiger partial charge is 0.277 e. The van der Waals surface area contributed by atoms with Crippen LogP contribution in [0, 0.1) is 20.8 Å². The lowest BCUT2D eigenvalue weighted by atomic mass is 10.1. The molecule has 3 aromatic rings. The largest absolute Gasteiger partial charge is 0.334 e. The van der Waals surface area contributed by atoms with E-state index in [1.165, 1.54) is 16.0 Å². The van der Waals surface area contributed by atoms with Crippen molar-refractivity contribution in [3.63, 3.8) is 0 Å². The summed E-state index contributed by atoms with van der Waals surface area (Å²) >= 11 is 13.3. The third-order valence-electron chi connectivity index (χ3n) is 4.96. The summed E-state index contributed by atoms with van der Waals surface area (Å²) in [5, 5.41) is 5.67. The van der Waals surface area contributed by atoms with Crippen molar-refractivity contribution in [2.75, 3.05) is 6.54 Å². The van der Waals surface area contributed by atoms with Gasteiger partial charge in [-0.15, -0.1) is 11.3 Å². The van der Waals surface area contributed by atoms with Crippen LogP contribution in [0.5, 0.6) is 0 Å². The second-order valence-electron chi connectivity index (χ2n) is 7.02. The van der Waals surface area contributed by atoms with Gasteiger partial charge in [-0.3, -0.25) is 9.59 Å². The van der Waals surface area contributed by atoms with Crippen molar-refractivity contribution in [1.82, 2.24) is 19.7 Å². The topological polar surface area (TPSA) is 68.1 Å². The lowest BCUT2D eigenvalue weighted by Gasteiger charge is -2.20. The molecular weight excluding hydrogens is 443 g/mol. The van der Waals surface area contributed by atoms with Crippen molar-refractivity contribution in [1.29, 1.82) is 0 Å². The van der Waals surface area contributed by atoms with Gasteiger partial charge in [-0.05, 0) is 51.0 Å². The number of nitrogens with zero attached hydrogens (tertiary/aromatic N) is 4. The molecule has 0 aliphatic rings. The second kappa shape index (κ2) is 8.88. The molecule has 0 spiro atoms. The summed E-state index contributed by atoms with van der Waals surface area (Å²) < 4.78 is 1.30. The summed E-state index contributed by atoms with van der Waals surface area (Å²) in [6.45, 7) is 8.31. The molecule has 2 aromatic heterocycles. The van der Waals surface area contributed by atoms with Crippen LogP contribution in [-0.2, 0) is 13.6 Å². The molecule has 158 valence electrons. The first kappa shape index (κ1) is 22.5. The van der Waals surface area contributed by atoms with Crippen molar-refractivity contribution in [3.05, 3.63) is 66.0 Å². The van der Waals surface area contributed by atoms with Gasteiger partial charge in [0, 0.05) is 20.1 Å². The highest BCUT2D eigenvalue weighted by atomic mass is 35.5. The number of carbonyl (C=O) groups excluding carboxylic acids is 1. The predicted octanol–water partition coefficient (Wildman–Crippen LogP) is 4.80. The molecule has 9 heteroatoms. The van der Waals surface area contributed by atoms with E-state index >= 15 is 0 Å². The van der Waals surface area contributed by atoms with Crippen molar-refractivity contribution in [2.24, 2.45) is 7.05 Å². The zero-order chi connectivity index (χ0) is 22.2. The Hall–Kier alpha value is -2.22. The van der Waals surface area contributed by atoms with E-state index in [-0.39, 0.29) is 11.5 Å². The number of halogens is 2. The van der Waals surface area contributed by atoms with Crippen molar-refractivity contribution in [2.45, 2.75) is 34.2 Å². The Kier molecular flexibility index (Phi) is 6.65. The minimum Gasteiger partial charge on any atom is -0.334 e. The van der Waals surface area contributed by atoms with Gasteiger partial charge in [-0.25, -0.2) is 9.67 Å². The monoisotopic (exact) mass is 464 g/mol. The Bertz CT molecular complexity index is 1190. The van der Waals surface area contributed by atoms with Gasteiger partial charge >= 0.3 is 0 Å². The van der Waals surface area contributed by atoms with Gasteiger partial charge in [0.25, 0.3) is 11.5 Å². The minimum atomic E-state index is -0.228. The maximum Gasteiger partial charge on any atom is 0.277 e. The van der Waals surface area contributed by atoms with Gasteiger partial charge in [0.05, 0.1) is 27.0 Å². The molecule has 2 heterocycles. The zero-order valence-corrected chi connectivity index (χ0v) is 19.7. The Morgan fingerprint density at radius 3 is 2.50 bits per heavy atom. The van der Waals surface area contributed by atoms with Crippen LogP contribution in [0.25, 0.3) is 10.6 Å². The van der Waals surface area contributed by atoms with E-state index in [4.69, 9.17) is 23.2 Å². The molecule has 0 bridgehead atoms. The Labute approximate surface area is 189 Å². The van der Waals surface area contributed by atoms with E-state index in [2.05, 4.69) is 10.1 Å². The molecule has 0 aliphatic carbocycles. The molecule has 0 fully saturated rings. The number of hydrogen-bond donors (Lipinski definition) is 0. The van der Waals surface area contributed by atoms with Crippen LogP contribution in [0.1, 0.15) is 39.1 Å². The van der Waals surface area contributed by atoms with Gasteiger partial charge in [0.15, 0.2) is 0 Å². The van der Waals surface area contributed by atoms with Crippen molar-refractivity contribution >= 4 is 40.4 Å². The first-order valence-corrected chi connectivity index (χ1v) is 11.0. The van der Waals surface area contributed by atoms with Gasteiger partial charge < -0.3 is 4.90 Å². The van der Waals surface area contributed by atoms with E-state index in [1.807, 2.05) is 26.8 Å². The summed E-state index contributed by atoms with van der Waals surface area (Å²) in [5.41, 5.74) is 3.27. The number of aryl methyl sites for hydroxylation is 3. The average molecular weight is 465 g/mol. The average Bonchev–Trinajstić information content (AvgIpc) is 3.08. The Morgan fingerprint density at radius 1 is 1.17 bits per heavy atom. The van der Waals surface area contributed by atoms with Gasteiger partial charge in [-0.1, -0.05) is 29.3 Å². The summed E-state index contributed by atoms with van der Waals surface area (Å²) in [6, 6.07) is 5.33. The number of hydrogen-bond acceptors (Lipinski definition) is 5. The van der Waals surface area contributed by atoms with Crippen LogP contribution in [0.4, 0.5) is 0 Å². The number of carbonyl (C=O) groups is 1. The molecule has 3 rings (SSSR count). The van der Waals surface area contributed by atoms with Gasteiger partial charge in [0.1, 0.15) is 9.88 Å². The van der Waals surface area contributed by atoms with Crippen LogP contribution in [-0.4, -0.2) is 32.1 Å². The van der Waals surface area contributed by atoms with E-state index in [0.29, 0.717) is 44.3 Å². The minimum absolute atomic E-state index is 0.134. The molecule has 1 aromatic carbocycles.